The molecule has 0 nitrogen and oxygen atoms in total. The molecule has 0 unspecified atom stereocenters. The number of alkyl halides is 3. The molecule has 0 bridgehead atoms. The number of hydrogen-bond acceptors (Lipinski definition) is 2. The van der Waals surface area contributed by atoms with Gasteiger partial charge < -0.3 is 0 Å². The van der Waals surface area contributed by atoms with E-state index in [0.717, 1.165) is 32.5 Å². The standard InChI is InChI=1S/C25H24ClF3S2/c1-23(2,3)22-21(26)17-10-14(6-8-19(17)31-22)13-24(4,5)20-12-15-11-16(25(27,28)29)7-9-18(15)30-20/h6-12H,13H2,1-5H3. The lowest BCUT2D eigenvalue weighted by Gasteiger charge is -2.23. The second-order valence-corrected chi connectivity index (χ2v) is 12.3. The molecule has 2 heterocycles. The van der Waals surface area contributed by atoms with Gasteiger partial charge in [0.2, 0.25) is 0 Å². The van der Waals surface area contributed by atoms with Crippen LogP contribution in [0.15, 0.2) is 42.5 Å². The zero-order chi connectivity index (χ0) is 22.8. The molecule has 0 aliphatic carbocycles. The molecular formula is C25H24ClF3S2. The Morgan fingerprint density at radius 3 is 2.16 bits per heavy atom. The Kier molecular flexibility index (Phi) is 5.47. The second kappa shape index (κ2) is 7.50. The molecule has 164 valence electrons. The van der Waals surface area contributed by atoms with Crippen LogP contribution < -0.4 is 0 Å². The molecule has 4 aromatic rings. The van der Waals surface area contributed by atoms with Gasteiger partial charge in [0.05, 0.1) is 10.6 Å². The summed E-state index contributed by atoms with van der Waals surface area (Å²) in [5, 5.41) is 2.55. The van der Waals surface area contributed by atoms with Crippen LogP contribution in [0, 0.1) is 0 Å². The van der Waals surface area contributed by atoms with Crippen molar-refractivity contribution in [1.82, 2.24) is 0 Å². The highest BCUT2D eigenvalue weighted by Gasteiger charge is 2.31. The Hall–Kier alpha value is -1.56. The van der Waals surface area contributed by atoms with Crippen LogP contribution in [0.5, 0.6) is 0 Å². The van der Waals surface area contributed by atoms with E-state index in [4.69, 9.17) is 11.6 Å². The van der Waals surface area contributed by atoms with Gasteiger partial charge in [-0.25, -0.2) is 0 Å². The molecule has 0 amide bonds. The number of halogens is 4. The molecule has 0 saturated carbocycles. The average Bonchev–Trinajstić information content (AvgIpc) is 3.22. The van der Waals surface area contributed by atoms with Crippen LogP contribution in [0.1, 0.15) is 55.5 Å². The average molecular weight is 481 g/mol. The fourth-order valence-electron chi connectivity index (χ4n) is 3.86. The molecular weight excluding hydrogens is 457 g/mol. The smallest absolute Gasteiger partial charge is 0.166 e. The minimum Gasteiger partial charge on any atom is -0.166 e. The van der Waals surface area contributed by atoms with Crippen LogP contribution in [0.4, 0.5) is 13.2 Å². The van der Waals surface area contributed by atoms with E-state index in [0.29, 0.717) is 5.39 Å². The zero-order valence-electron chi connectivity index (χ0n) is 18.1. The fraction of sp³-hybridized carbons (Fsp3) is 0.360. The highest BCUT2D eigenvalue weighted by atomic mass is 35.5. The molecule has 2 aromatic carbocycles. The summed E-state index contributed by atoms with van der Waals surface area (Å²) in [6.45, 7) is 10.8. The van der Waals surface area contributed by atoms with Crippen LogP contribution in [0.3, 0.4) is 0 Å². The molecule has 0 aliphatic rings. The summed E-state index contributed by atoms with van der Waals surface area (Å²) in [6, 6.07) is 12.3. The first-order valence-corrected chi connectivity index (χ1v) is 12.1. The number of benzene rings is 2. The van der Waals surface area contributed by atoms with Crippen LogP contribution in [-0.2, 0) is 23.4 Å². The van der Waals surface area contributed by atoms with Crippen molar-refractivity contribution in [2.45, 2.75) is 58.0 Å². The summed E-state index contributed by atoms with van der Waals surface area (Å²) in [7, 11) is 0. The van der Waals surface area contributed by atoms with E-state index in [9.17, 15) is 13.2 Å². The molecule has 0 fully saturated rings. The summed E-state index contributed by atoms with van der Waals surface area (Å²) in [6.07, 6.45) is -3.55. The fourth-order valence-corrected chi connectivity index (χ4v) is 6.74. The highest BCUT2D eigenvalue weighted by Crippen LogP contribution is 2.44. The Bertz CT molecular complexity index is 1270. The van der Waals surface area contributed by atoms with Gasteiger partial charge in [-0.05, 0) is 59.2 Å². The van der Waals surface area contributed by atoms with E-state index in [1.807, 2.05) is 6.07 Å². The lowest BCUT2D eigenvalue weighted by molar-refractivity contribution is -0.137. The van der Waals surface area contributed by atoms with Crippen molar-refractivity contribution in [3.63, 3.8) is 0 Å². The maximum absolute atomic E-state index is 13.1. The van der Waals surface area contributed by atoms with Gasteiger partial charge in [-0.2, -0.15) is 13.2 Å². The zero-order valence-corrected chi connectivity index (χ0v) is 20.5. The first kappa shape index (κ1) is 22.6. The predicted octanol–water partition coefficient (Wildman–Crippen LogP) is 9.61. The molecule has 6 heteroatoms. The summed E-state index contributed by atoms with van der Waals surface area (Å²) >= 11 is 10.0. The maximum atomic E-state index is 13.1. The van der Waals surface area contributed by atoms with Gasteiger partial charge in [-0.15, -0.1) is 22.7 Å². The third-order valence-electron chi connectivity index (χ3n) is 5.53. The van der Waals surface area contributed by atoms with Crippen molar-refractivity contribution in [2.75, 3.05) is 0 Å². The second-order valence-electron chi connectivity index (χ2n) is 9.75. The Balaban J connectivity index is 1.68. The quantitative estimate of drug-likeness (QED) is 0.274. The van der Waals surface area contributed by atoms with Gasteiger partial charge in [-0.1, -0.05) is 52.3 Å². The number of fused-ring (bicyclic) bond motifs is 2. The van der Waals surface area contributed by atoms with Gasteiger partial charge in [0.25, 0.3) is 0 Å². The summed E-state index contributed by atoms with van der Waals surface area (Å²) in [5.74, 6) is 0. The molecule has 2 aromatic heterocycles. The normalized spacial score (nSPS) is 13.5. The Labute approximate surface area is 193 Å². The molecule has 0 spiro atoms. The summed E-state index contributed by atoms with van der Waals surface area (Å²) in [4.78, 5) is 2.26. The van der Waals surface area contributed by atoms with Crippen molar-refractivity contribution in [3.8, 4) is 0 Å². The molecule has 0 saturated heterocycles. The molecule has 4 rings (SSSR count). The third-order valence-corrected chi connectivity index (χ3v) is 9.11. The Morgan fingerprint density at radius 1 is 0.839 bits per heavy atom. The first-order chi connectivity index (χ1) is 14.3. The van der Waals surface area contributed by atoms with Crippen molar-refractivity contribution >= 4 is 54.4 Å². The van der Waals surface area contributed by atoms with E-state index >= 15 is 0 Å². The molecule has 0 aliphatic heterocycles. The van der Waals surface area contributed by atoms with Crippen LogP contribution >= 0.6 is 34.3 Å². The lowest BCUT2D eigenvalue weighted by Crippen LogP contribution is -2.18. The van der Waals surface area contributed by atoms with Gasteiger partial charge in [0, 0.05) is 30.0 Å². The first-order valence-electron chi connectivity index (χ1n) is 10.1. The number of rotatable bonds is 3. The number of thiophene rings is 2. The van der Waals surface area contributed by atoms with Crippen molar-refractivity contribution < 1.29 is 13.2 Å². The van der Waals surface area contributed by atoms with E-state index in [1.165, 1.54) is 21.2 Å². The Morgan fingerprint density at radius 2 is 1.52 bits per heavy atom. The minimum atomic E-state index is -4.33. The highest BCUT2D eigenvalue weighted by molar-refractivity contribution is 7.20. The van der Waals surface area contributed by atoms with E-state index < -0.39 is 11.7 Å². The van der Waals surface area contributed by atoms with Crippen molar-refractivity contribution in [1.29, 1.82) is 0 Å². The van der Waals surface area contributed by atoms with E-state index in [1.54, 1.807) is 28.7 Å². The lowest BCUT2D eigenvalue weighted by atomic mass is 9.84. The molecule has 0 radical (unpaired) electrons. The van der Waals surface area contributed by atoms with Gasteiger partial charge in [0.1, 0.15) is 0 Å². The molecule has 0 N–H and O–H groups in total. The van der Waals surface area contributed by atoms with Gasteiger partial charge in [-0.3, -0.25) is 0 Å². The minimum absolute atomic E-state index is 0.00739. The third kappa shape index (κ3) is 4.37. The van der Waals surface area contributed by atoms with Crippen LogP contribution in [-0.4, -0.2) is 0 Å². The van der Waals surface area contributed by atoms with Gasteiger partial charge in [0.15, 0.2) is 0 Å². The molecule has 0 atom stereocenters. The van der Waals surface area contributed by atoms with Crippen molar-refractivity contribution in [3.05, 3.63) is 68.4 Å². The van der Waals surface area contributed by atoms with Crippen LogP contribution in [0.25, 0.3) is 20.2 Å². The van der Waals surface area contributed by atoms with Crippen molar-refractivity contribution in [2.24, 2.45) is 0 Å². The monoisotopic (exact) mass is 480 g/mol. The van der Waals surface area contributed by atoms with E-state index in [2.05, 4.69) is 52.8 Å². The van der Waals surface area contributed by atoms with Crippen LogP contribution in [0.2, 0.25) is 5.02 Å². The maximum Gasteiger partial charge on any atom is 0.416 e. The largest absolute Gasteiger partial charge is 0.416 e. The SMILES string of the molecule is CC(C)(C)c1sc2ccc(CC(C)(C)c3cc4cc(C(F)(F)F)ccc4s3)cc2c1Cl. The summed E-state index contributed by atoms with van der Waals surface area (Å²) < 4.78 is 41.3. The summed E-state index contributed by atoms with van der Waals surface area (Å²) in [5.41, 5.74) is 0.345. The number of hydrogen-bond donors (Lipinski definition) is 0. The topological polar surface area (TPSA) is 0 Å². The van der Waals surface area contributed by atoms with Gasteiger partial charge >= 0.3 is 6.18 Å². The van der Waals surface area contributed by atoms with E-state index in [-0.39, 0.29) is 10.8 Å². The predicted molar refractivity (Wildman–Crippen MR) is 129 cm³/mol. The molecule has 31 heavy (non-hydrogen) atoms.